The van der Waals surface area contributed by atoms with Crippen molar-refractivity contribution in [3.63, 3.8) is 0 Å². The van der Waals surface area contributed by atoms with Gasteiger partial charge >= 0.3 is 11.9 Å². The Morgan fingerprint density at radius 2 is 2.05 bits per heavy atom. The summed E-state index contributed by atoms with van der Waals surface area (Å²) in [6, 6.07) is 2.90. The van der Waals surface area contributed by atoms with Gasteiger partial charge in [0.25, 0.3) is 0 Å². The average Bonchev–Trinajstić information content (AvgIpc) is 2.31. The van der Waals surface area contributed by atoms with Gasteiger partial charge in [-0.05, 0) is 30.7 Å². The lowest BCUT2D eigenvalue weighted by Gasteiger charge is -2.22. The van der Waals surface area contributed by atoms with Gasteiger partial charge in [-0.3, -0.25) is 0 Å². The van der Waals surface area contributed by atoms with Crippen LogP contribution >= 0.6 is 44.3 Å². The van der Waals surface area contributed by atoms with Crippen molar-refractivity contribution in [2.75, 3.05) is 6.61 Å². The molecule has 1 rings (SSSR count). The number of halogens is 5. The van der Waals surface area contributed by atoms with Crippen LogP contribution < -0.4 is 5.73 Å². The normalized spacial score (nSPS) is 12.5. The molecule has 3 nitrogen and oxygen atoms in total. The maximum absolute atomic E-state index is 13.8. The number of hydrogen-bond acceptors (Lipinski definition) is 3. The number of ether oxygens (including phenoxy) is 1. The van der Waals surface area contributed by atoms with Crippen molar-refractivity contribution in [3.05, 3.63) is 32.7 Å². The molecule has 0 radical (unpaired) electrons. The Hall–Kier alpha value is -0.240. The topological polar surface area (TPSA) is 52.3 Å². The van der Waals surface area contributed by atoms with Crippen LogP contribution in [0.1, 0.15) is 18.5 Å². The monoisotopic (exact) mass is 421 g/mol. The summed E-state index contributed by atoms with van der Waals surface area (Å²) >= 11 is 6.29. The molecule has 19 heavy (non-hydrogen) atoms. The maximum Gasteiger partial charge on any atom is 0.379 e. The third kappa shape index (κ3) is 4.37. The van der Waals surface area contributed by atoms with Gasteiger partial charge in [-0.15, -0.1) is 12.4 Å². The van der Waals surface area contributed by atoms with E-state index in [0.717, 1.165) is 0 Å². The van der Waals surface area contributed by atoms with Gasteiger partial charge in [-0.1, -0.05) is 31.9 Å². The van der Waals surface area contributed by atoms with Crippen molar-refractivity contribution in [3.8, 4) is 0 Å². The molecule has 0 spiro atoms. The number of hydrogen-bond donors (Lipinski definition) is 1. The molecule has 0 aromatic heterocycles. The highest BCUT2D eigenvalue weighted by atomic mass is 79.9. The first-order valence-corrected chi connectivity index (χ1v) is 6.64. The quantitative estimate of drug-likeness (QED) is 0.749. The molecule has 0 heterocycles. The predicted octanol–water partition coefficient (Wildman–Crippen LogP) is 3.83. The van der Waals surface area contributed by atoms with E-state index in [1.807, 2.05) is 0 Å². The van der Waals surface area contributed by atoms with Gasteiger partial charge in [-0.25, -0.2) is 4.79 Å². The van der Waals surface area contributed by atoms with Gasteiger partial charge in [0.15, 0.2) is 0 Å². The van der Waals surface area contributed by atoms with Crippen LogP contribution in [0.25, 0.3) is 0 Å². The number of benzene rings is 1. The van der Waals surface area contributed by atoms with E-state index in [1.54, 1.807) is 12.1 Å². The summed E-state index contributed by atoms with van der Waals surface area (Å²) in [5.74, 6) is -5.40. The van der Waals surface area contributed by atoms with Crippen LogP contribution in [0.4, 0.5) is 8.78 Å². The first-order chi connectivity index (χ1) is 8.30. The molecule has 0 unspecified atom stereocenters. The molecule has 0 aliphatic rings. The number of rotatable bonds is 4. The van der Waals surface area contributed by atoms with Gasteiger partial charge in [0.2, 0.25) is 0 Å². The zero-order valence-electron chi connectivity index (χ0n) is 9.83. The second kappa shape index (κ2) is 7.52. The van der Waals surface area contributed by atoms with E-state index in [0.29, 0.717) is 8.95 Å². The lowest BCUT2D eigenvalue weighted by atomic mass is 10.0. The van der Waals surface area contributed by atoms with Crippen molar-refractivity contribution in [1.29, 1.82) is 0 Å². The molecule has 0 saturated heterocycles. The molecule has 1 atom stereocenters. The van der Waals surface area contributed by atoms with E-state index in [2.05, 4.69) is 36.6 Å². The highest BCUT2D eigenvalue weighted by Gasteiger charge is 2.48. The zero-order chi connectivity index (χ0) is 13.9. The summed E-state index contributed by atoms with van der Waals surface area (Å²) in [7, 11) is 0. The van der Waals surface area contributed by atoms with Crippen LogP contribution in [0, 0.1) is 0 Å². The smallest absolute Gasteiger partial charge is 0.379 e. The Kier molecular flexibility index (Phi) is 7.42. The third-order valence-electron chi connectivity index (χ3n) is 2.23. The summed E-state index contributed by atoms with van der Waals surface area (Å²) < 4.78 is 32.8. The van der Waals surface area contributed by atoms with E-state index in [1.165, 1.54) is 13.0 Å². The first-order valence-electron chi connectivity index (χ1n) is 5.06. The molecular formula is C11H12Br2ClF2NO2. The van der Waals surface area contributed by atoms with E-state index < -0.39 is 17.9 Å². The average molecular weight is 423 g/mol. The number of alkyl halides is 2. The van der Waals surface area contributed by atoms with Gasteiger partial charge in [-0.2, -0.15) is 8.78 Å². The Bertz CT molecular complexity index is 460. The Morgan fingerprint density at radius 1 is 1.47 bits per heavy atom. The van der Waals surface area contributed by atoms with Crippen LogP contribution in [0.2, 0.25) is 0 Å². The molecule has 0 aliphatic carbocycles. The standard InChI is InChI=1S/C11H11Br2F2NO2.ClH/c1-2-18-10(17)11(14,15)9(16)7-5-6(12)3-4-8(7)13;/h3-5,9H,2,16H2,1H3;1H/t9-;/m1./s1. The first kappa shape index (κ1) is 18.8. The van der Waals surface area contributed by atoms with Gasteiger partial charge in [0, 0.05) is 8.95 Å². The summed E-state index contributed by atoms with van der Waals surface area (Å²) in [6.45, 7) is 1.33. The number of carbonyl (C=O) groups is 1. The van der Waals surface area contributed by atoms with Crippen molar-refractivity contribution in [2.45, 2.75) is 18.9 Å². The third-order valence-corrected chi connectivity index (χ3v) is 3.45. The van der Waals surface area contributed by atoms with Crippen molar-refractivity contribution in [2.24, 2.45) is 5.73 Å². The van der Waals surface area contributed by atoms with Gasteiger partial charge in [0.1, 0.15) is 6.04 Å². The van der Waals surface area contributed by atoms with Gasteiger partial charge < -0.3 is 10.5 Å². The Labute approximate surface area is 132 Å². The van der Waals surface area contributed by atoms with Crippen LogP contribution in [-0.4, -0.2) is 18.5 Å². The lowest BCUT2D eigenvalue weighted by molar-refractivity contribution is -0.174. The fourth-order valence-corrected chi connectivity index (χ4v) is 2.17. The molecule has 1 aromatic carbocycles. The molecule has 0 fully saturated rings. The molecular weight excluding hydrogens is 411 g/mol. The minimum absolute atomic E-state index is 0. The molecule has 8 heteroatoms. The van der Waals surface area contributed by atoms with Crippen molar-refractivity contribution in [1.82, 2.24) is 0 Å². The number of nitrogens with two attached hydrogens (primary N) is 1. The highest BCUT2D eigenvalue weighted by Crippen LogP contribution is 2.35. The molecule has 108 valence electrons. The molecule has 2 N–H and O–H groups in total. The molecule has 0 aliphatic heterocycles. The summed E-state index contributed by atoms with van der Waals surface area (Å²) in [5, 5.41) is 0. The SMILES string of the molecule is CCOC(=O)C(F)(F)[C@H](N)c1cc(Br)ccc1Br.Cl. The summed E-state index contributed by atoms with van der Waals surface area (Å²) in [5.41, 5.74) is 5.60. The highest BCUT2D eigenvalue weighted by molar-refractivity contribution is 9.11. The lowest BCUT2D eigenvalue weighted by Crippen LogP contribution is -2.41. The zero-order valence-corrected chi connectivity index (χ0v) is 13.8. The van der Waals surface area contributed by atoms with Crippen LogP contribution in [0.15, 0.2) is 27.1 Å². The largest absolute Gasteiger partial charge is 0.462 e. The summed E-state index contributed by atoms with van der Waals surface area (Å²) in [4.78, 5) is 11.2. The van der Waals surface area contributed by atoms with E-state index in [9.17, 15) is 13.6 Å². The predicted molar refractivity (Wildman–Crippen MR) is 77.6 cm³/mol. The minimum Gasteiger partial charge on any atom is -0.462 e. The Balaban J connectivity index is 0.00000324. The van der Waals surface area contributed by atoms with E-state index in [-0.39, 0.29) is 24.6 Å². The van der Waals surface area contributed by atoms with Crippen LogP contribution in [0.5, 0.6) is 0 Å². The molecule has 0 amide bonds. The second-order valence-electron chi connectivity index (χ2n) is 3.49. The fraction of sp³-hybridized carbons (Fsp3) is 0.364. The van der Waals surface area contributed by atoms with Crippen molar-refractivity contribution < 1.29 is 18.3 Å². The van der Waals surface area contributed by atoms with E-state index in [4.69, 9.17) is 5.73 Å². The number of carbonyl (C=O) groups excluding carboxylic acids is 1. The van der Waals surface area contributed by atoms with Crippen LogP contribution in [0.3, 0.4) is 0 Å². The molecule has 0 bridgehead atoms. The Morgan fingerprint density at radius 3 is 2.58 bits per heavy atom. The summed E-state index contributed by atoms with van der Waals surface area (Å²) in [6.07, 6.45) is 0. The van der Waals surface area contributed by atoms with E-state index >= 15 is 0 Å². The van der Waals surface area contributed by atoms with Gasteiger partial charge in [0.05, 0.1) is 6.61 Å². The maximum atomic E-state index is 13.8. The molecule has 1 aromatic rings. The fourth-order valence-electron chi connectivity index (χ4n) is 1.30. The van der Waals surface area contributed by atoms with Crippen LogP contribution in [-0.2, 0) is 9.53 Å². The van der Waals surface area contributed by atoms with Crippen molar-refractivity contribution >= 4 is 50.2 Å². The number of esters is 1. The second-order valence-corrected chi connectivity index (χ2v) is 5.26. The molecule has 0 saturated carbocycles. The minimum atomic E-state index is -3.78.